The molecule has 0 saturated carbocycles. The molecule has 2 amide bonds. The van der Waals surface area contributed by atoms with Crippen molar-refractivity contribution in [3.63, 3.8) is 0 Å². The summed E-state index contributed by atoms with van der Waals surface area (Å²) in [6.45, 7) is 3.81. The lowest BCUT2D eigenvalue weighted by Crippen LogP contribution is -2.40. The summed E-state index contributed by atoms with van der Waals surface area (Å²) in [6, 6.07) is 13.7. The van der Waals surface area contributed by atoms with E-state index in [4.69, 9.17) is 4.74 Å². The summed E-state index contributed by atoms with van der Waals surface area (Å²) in [5.74, 6) is -0.357. The molecular formula is C21H24N2O5S. The van der Waals surface area contributed by atoms with E-state index in [0.717, 1.165) is 17.7 Å². The standard InChI is InChI=1S/C21H24N2O5S/c1-15(2)28-17-11-9-16(10-12-17)6-5-13-22-20(24)14-23-21(25)18-7-3-4-8-19(18)29(23,26)27/h3-4,7-12,15H,5-6,13-14H2,1-2H3,(H,22,24). The lowest BCUT2D eigenvalue weighted by Gasteiger charge is -2.14. The van der Waals surface area contributed by atoms with Crippen LogP contribution in [0, 0.1) is 0 Å². The Morgan fingerprint density at radius 1 is 1.10 bits per heavy atom. The van der Waals surface area contributed by atoms with E-state index in [2.05, 4.69) is 5.32 Å². The van der Waals surface area contributed by atoms with Crippen LogP contribution in [0.25, 0.3) is 0 Å². The van der Waals surface area contributed by atoms with Crippen molar-refractivity contribution in [2.24, 2.45) is 0 Å². The zero-order chi connectivity index (χ0) is 21.0. The molecule has 0 atom stereocenters. The number of carbonyl (C=O) groups is 2. The minimum atomic E-state index is -3.97. The highest BCUT2D eigenvalue weighted by atomic mass is 32.2. The van der Waals surface area contributed by atoms with Crippen molar-refractivity contribution in [1.82, 2.24) is 9.62 Å². The normalized spacial score (nSPS) is 14.7. The van der Waals surface area contributed by atoms with Crippen molar-refractivity contribution < 1.29 is 22.7 Å². The maximum atomic E-state index is 12.5. The SMILES string of the molecule is CC(C)Oc1ccc(CCCNC(=O)CN2C(=O)c3ccccc3S2(=O)=O)cc1. The number of hydrogen-bond acceptors (Lipinski definition) is 5. The lowest BCUT2D eigenvalue weighted by atomic mass is 10.1. The van der Waals surface area contributed by atoms with Crippen LogP contribution in [0.4, 0.5) is 0 Å². The van der Waals surface area contributed by atoms with E-state index in [-0.39, 0.29) is 16.6 Å². The zero-order valence-electron chi connectivity index (χ0n) is 16.4. The van der Waals surface area contributed by atoms with Crippen LogP contribution < -0.4 is 10.1 Å². The average Bonchev–Trinajstić information content (AvgIpc) is 2.87. The number of benzene rings is 2. The molecule has 154 valence electrons. The first-order valence-electron chi connectivity index (χ1n) is 9.47. The minimum absolute atomic E-state index is 0.0531. The lowest BCUT2D eigenvalue weighted by molar-refractivity contribution is -0.121. The summed E-state index contributed by atoms with van der Waals surface area (Å²) in [5.41, 5.74) is 1.22. The van der Waals surface area contributed by atoms with E-state index in [9.17, 15) is 18.0 Å². The first-order chi connectivity index (χ1) is 13.8. The van der Waals surface area contributed by atoms with Gasteiger partial charge in [-0.15, -0.1) is 0 Å². The van der Waals surface area contributed by atoms with Crippen LogP contribution >= 0.6 is 0 Å². The van der Waals surface area contributed by atoms with E-state index >= 15 is 0 Å². The molecule has 2 aromatic carbocycles. The third-order valence-electron chi connectivity index (χ3n) is 4.46. The molecule has 0 unspecified atom stereocenters. The second-order valence-electron chi connectivity index (χ2n) is 7.08. The summed E-state index contributed by atoms with van der Waals surface area (Å²) in [6.07, 6.45) is 1.57. The van der Waals surface area contributed by atoms with E-state index in [1.807, 2.05) is 38.1 Å². The van der Waals surface area contributed by atoms with Gasteiger partial charge in [0.15, 0.2) is 0 Å². The third kappa shape index (κ3) is 4.76. The highest BCUT2D eigenvalue weighted by Crippen LogP contribution is 2.29. The molecule has 3 rings (SSSR count). The van der Waals surface area contributed by atoms with Gasteiger partial charge in [-0.1, -0.05) is 24.3 Å². The van der Waals surface area contributed by atoms with Crippen LogP contribution in [-0.4, -0.2) is 43.7 Å². The Kier molecular flexibility index (Phi) is 6.22. The third-order valence-corrected chi connectivity index (χ3v) is 6.25. The number of fused-ring (bicyclic) bond motifs is 1. The molecule has 0 aliphatic carbocycles. The maximum Gasteiger partial charge on any atom is 0.269 e. The van der Waals surface area contributed by atoms with E-state index in [1.54, 1.807) is 12.1 Å². The van der Waals surface area contributed by atoms with Crippen molar-refractivity contribution in [2.45, 2.75) is 37.7 Å². The molecule has 1 aliphatic heterocycles. The Labute approximate surface area is 170 Å². The minimum Gasteiger partial charge on any atom is -0.491 e. The number of nitrogens with one attached hydrogen (secondary N) is 1. The smallest absolute Gasteiger partial charge is 0.269 e. The number of carbonyl (C=O) groups excluding carboxylic acids is 2. The predicted molar refractivity (Wildman–Crippen MR) is 108 cm³/mol. The summed E-state index contributed by atoms with van der Waals surface area (Å²) < 4.78 is 31.1. The van der Waals surface area contributed by atoms with Gasteiger partial charge in [0.25, 0.3) is 15.9 Å². The van der Waals surface area contributed by atoms with Crippen molar-refractivity contribution in [2.75, 3.05) is 13.1 Å². The van der Waals surface area contributed by atoms with Gasteiger partial charge in [0, 0.05) is 6.54 Å². The van der Waals surface area contributed by atoms with Crippen LogP contribution in [0.15, 0.2) is 53.4 Å². The number of aryl methyl sites for hydroxylation is 1. The van der Waals surface area contributed by atoms with Gasteiger partial charge in [-0.2, -0.15) is 0 Å². The van der Waals surface area contributed by atoms with Gasteiger partial charge in [0.05, 0.1) is 11.7 Å². The molecule has 0 bridgehead atoms. The van der Waals surface area contributed by atoms with Crippen molar-refractivity contribution in [3.8, 4) is 5.75 Å². The number of amides is 2. The fourth-order valence-electron chi connectivity index (χ4n) is 3.10. The van der Waals surface area contributed by atoms with Crippen molar-refractivity contribution >= 4 is 21.8 Å². The van der Waals surface area contributed by atoms with Crippen LogP contribution in [-0.2, 0) is 21.2 Å². The Morgan fingerprint density at radius 2 is 1.79 bits per heavy atom. The molecule has 0 saturated heterocycles. The molecular weight excluding hydrogens is 392 g/mol. The van der Waals surface area contributed by atoms with Gasteiger partial charge >= 0.3 is 0 Å². The van der Waals surface area contributed by atoms with Gasteiger partial charge < -0.3 is 10.1 Å². The number of sulfonamides is 1. The van der Waals surface area contributed by atoms with E-state index in [1.165, 1.54) is 12.1 Å². The van der Waals surface area contributed by atoms with Crippen LogP contribution in [0.5, 0.6) is 5.75 Å². The van der Waals surface area contributed by atoms with Gasteiger partial charge in [-0.05, 0) is 56.5 Å². The van der Waals surface area contributed by atoms with Crippen LogP contribution in [0.1, 0.15) is 36.2 Å². The van der Waals surface area contributed by atoms with Gasteiger partial charge in [0.1, 0.15) is 17.2 Å². The molecule has 8 heteroatoms. The van der Waals surface area contributed by atoms with E-state index in [0.29, 0.717) is 17.3 Å². The Hall–Kier alpha value is -2.87. The molecule has 1 heterocycles. The first kappa shape index (κ1) is 20.9. The first-order valence-corrected chi connectivity index (χ1v) is 10.9. The topological polar surface area (TPSA) is 92.8 Å². The molecule has 0 radical (unpaired) electrons. The quantitative estimate of drug-likeness (QED) is 0.667. The van der Waals surface area contributed by atoms with Crippen LogP contribution in [0.3, 0.4) is 0 Å². The largest absolute Gasteiger partial charge is 0.491 e. The van der Waals surface area contributed by atoms with Crippen molar-refractivity contribution in [3.05, 3.63) is 59.7 Å². The summed E-state index contributed by atoms with van der Waals surface area (Å²) in [4.78, 5) is 24.4. The highest BCUT2D eigenvalue weighted by molar-refractivity contribution is 7.90. The molecule has 1 N–H and O–H groups in total. The predicted octanol–water partition coefficient (Wildman–Crippen LogP) is 2.37. The Morgan fingerprint density at radius 3 is 2.45 bits per heavy atom. The molecule has 7 nitrogen and oxygen atoms in total. The summed E-state index contributed by atoms with van der Waals surface area (Å²) >= 11 is 0. The number of nitrogens with zero attached hydrogens (tertiary/aromatic N) is 1. The van der Waals surface area contributed by atoms with Gasteiger partial charge in [-0.3, -0.25) is 9.59 Å². The molecule has 29 heavy (non-hydrogen) atoms. The molecule has 0 aromatic heterocycles. The summed E-state index contributed by atoms with van der Waals surface area (Å²) in [5, 5.41) is 2.68. The van der Waals surface area contributed by atoms with Crippen LogP contribution in [0.2, 0.25) is 0 Å². The number of ether oxygens (including phenoxy) is 1. The highest BCUT2D eigenvalue weighted by Gasteiger charge is 2.41. The number of hydrogen-bond donors (Lipinski definition) is 1. The zero-order valence-corrected chi connectivity index (χ0v) is 17.2. The van der Waals surface area contributed by atoms with Crippen molar-refractivity contribution in [1.29, 1.82) is 0 Å². The molecule has 0 fully saturated rings. The second-order valence-corrected chi connectivity index (χ2v) is 8.91. The van der Waals surface area contributed by atoms with Gasteiger partial charge in [-0.25, -0.2) is 12.7 Å². The van der Waals surface area contributed by atoms with E-state index < -0.39 is 28.4 Å². The second kappa shape index (κ2) is 8.65. The molecule has 1 aliphatic rings. The molecule has 0 spiro atoms. The Bertz CT molecular complexity index is 1000. The Balaban J connectivity index is 1.47. The summed E-state index contributed by atoms with van der Waals surface area (Å²) in [7, 11) is -3.97. The fourth-order valence-corrected chi connectivity index (χ4v) is 4.63. The maximum absolute atomic E-state index is 12.5. The van der Waals surface area contributed by atoms with Gasteiger partial charge in [0.2, 0.25) is 5.91 Å². The average molecular weight is 416 g/mol. The molecule has 2 aromatic rings. The fraction of sp³-hybridized carbons (Fsp3) is 0.333. The monoisotopic (exact) mass is 416 g/mol. The number of rotatable bonds is 8.